The molecule has 0 radical (unpaired) electrons. The summed E-state index contributed by atoms with van der Waals surface area (Å²) >= 11 is 0. The monoisotopic (exact) mass is 388 g/mol. The van der Waals surface area contributed by atoms with Crippen molar-refractivity contribution in [1.29, 1.82) is 5.26 Å². The highest BCUT2D eigenvalue weighted by Crippen LogP contribution is 2.26. The average molecular weight is 388 g/mol. The largest absolute Gasteiger partial charge is 0.497 e. The van der Waals surface area contributed by atoms with Crippen LogP contribution in [-0.2, 0) is 6.54 Å². The molecule has 0 saturated heterocycles. The summed E-state index contributed by atoms with van der Waals surface area (Å²) in [6.07, 6.45) is 0. The molecular weight excluding hydrogens is 368 g/mol. The second-order valence-electron chi connectivity index (χ2n) is 6.74. The number of nitriles is 1. The van der Waals surface area contributed by atoms with Crippen LogP contribution in [0.2, 0.25) is 0 Å². The summed E-state index contributed by atoms with van der Waals surface area (Å²) in [4.78, 5) is 25.9. The Morgan fingerprint density at radius 3 is 2.28 bits per heavy atom. The van der Waals surface area contributed by atoms with Gasteiger partial charge < -0.3 is 9.84 Å². The smallest absolute Gasteiger partial charge is 0.271 e. The number of benzene rings is 2. The minimum absolute atomic E-state index is 0.0444. The molecule has 0 atom stereocenters. The van der Waals surface area contributed by atoms with Crippen molar-refractivity contribution in [3.05, 3.63) is 92.3 Å². The van der Waals surface area contributed by atoms with E-state index in [4.69, 9.17) is 4.74 Å². The number of aromatic hydroxyl groups is 1. The van der Waals surface area contributed by atoms with E-state index in [9.17, 15) is 20.0 Å². The maximum Gasteiger partial charge on any atom is 0.271 e. The van der Waals surface area contributed by atoms with Gasteiger partial charge in [0.2, 0.25) is 5.88 Å². The molecule has 0 amide bonds. The molecule has 146 valence electrons. The first-order chi connectivity index (χ1) is 13.9. The van der Waals surface area contributed by atoms with Crippen molar-refractivity contribution in [2.24, 2.45) is 0 Å². The summed E-state index contributed by atoms with van der Waals surface area (Å²) in [7, 11) is 1.52. The van der Waals surface area contributed by atoms with Crippen LogP contribution in [0.3, 0.4) is 0 Å². The quantitative estimate of drug-likeness (QED) is 0.677. The Labute approximate surface area is 168 Å². The number of aryl methyl sites for hydroxylation is 1. The molecule has 2 aromatic carbocycles. The molecule has 1 N–H and O–H groups in total. The molecule has 6 nitrogen and oxygen atoms in total. The van der Waals surface area contributed by atoms with Crippen molar-refractivity contribution >= 4 is 5.78 Å². The molecule has 3 aromatic rings. The molecule has 1 heterocycles. The van der Waals surface area contributed by atoms with Crippen molar-refractivity contribution in [3.8, 4) is 17.7 Å². The lowest BCUT2D eigenvalue weighted by Gasteiger charge is -2.16. The fourth-order valence-corrected chi connectivity index (χ4v) is 3.13. The van der Waals surface area contributed by atoms with Crippen LogP contribution >= 0.6 is 0 Å². The molecule has 3 rings (SSSR count). The van der Waals surface area contributed by atoms with Crippen molar-refractivity contribution in [2.75, 3.05) is 7.11 Å². The fraction of sp³-hybridized carbons (Fsp3) is 0.174. The van der Waals surface area contributed by atoms with Gasteiger partial charge in [-0.1, -0.05) is 29.8 Å². The molecule has 6 heteroatoms. The topological polar surface area (TPSA) is 92.3 Å². The zero-order chi connectivity index (χ0) is 21.1. The molecule has 0 aliphatic carbocycles. The summed E-state index contributed by atoms with van der Waals surface area (Å²) in [5, 5.41) is 20.3. The maximum absolute atomic E-state index is 13.1. The van der Waals surface area contributed by atoms with Crippen LogP contribution in [0.15, 0.2) is 53.3 Å². The van der Waals surface area contributed by atoms with E-state index in [1.807, 2.05) is 37.3 Å². The first-order valence-electron chi connectivity index (χ1n) is 8.98. The van der Waals surface area contributed by atoms with Crippen LogP contribution in [0.5, 0.6) is 11.6 Å². The average Bonchev–Trinajstić information content (AvgIpc) is 2.73. The molecule has 0 saturated carbocycles. The lowest BCUT2D eigenvalue weighted by molar-refractivity contribution is 0.103. The standard InChI is InChI=1S/C23H20N2O4/c1-14-4-6-16(7-5-14)13-25-22(27)19(12-24)15(2)20(23(25)28)21(26)17-8-10-18(29-3)11-9-17/h4-11,28H,13H2,1-3H3. The third-order valence-corrected chi connectivity index (χ3v) is 4.84. The highest BCUT2D eigenvalue weighted by Gasteiger charge is 2.25. The minimum atomic E-state index is -0.630. The van der Waals surface area contributed by atoms with Gasteiger partial charge >= 0.3 is 0 Å². The van der Waals surface area contributed by atoms with Gasteiger partial charge in [0.15, 0.2) is 5.78 Å². The van der Waals surface area contributed by atoms with E-state index in [1.165, 1.54) is 14.0 Å². The lowest BCUT2D eigenvalue weighted by Crippen LogP contribution is -2.27. The first kappa shape index (κ1) is 19.9. The Bertz CT molecular complexity index is 1170. The number of carbonyl (C=O) groups excluding carboxylic acids is 1. The van der Waals surface area contributed by atoms with E-state index in [0.717, 1.165) is 15.7 Å². The number of aromatic nitrogens is 1. The van der Waals surface area contributed by atoms with Crippen LogP contribution in [-0.4, -0.2) is 22.6 Å². The van der Waals surface area contributed by atoms with E-state index in [-0.39, 0.29) is 23.2 Å². The number of ketones is 1. The van der Waals surface area contributed by atoms with Gasteiger partial charge in [-0.15, -0.1) is 0 Å². The van der Waals surface area contributed by atoms with Gasteiger partial charge in [0.05, 0.1) is 19.2 Å². The Balaban J connectivity index is 2.16. The zero-order valence-electron chi connectivity index (χ0n) is 16.4. The number of nitrogens with zero attached hydrogens (tertiary/aromatic N) is 2. The van der Waals surface area contributed by atoms with Gasteiger partial charge in [0, 0.05) is 5.56 Å². The fourth-order valence-electron chi connectivity index (χ4n) is 3.13. The molecule has 0 aliphatic heterocycles. The van der Waals surface area contributed by atoms with Crippen LogP contribution < -0.4 is 10.3 Å². The van der Waals surface area contributed by atoms with Gasteiger partial charge in [-0.2, -0.15) is 5.26 Å². The van der Waals surface area contributed by atoms with E-state index in [1.54, 1.807) is 24.3 Å². The number of rotatable bonds is 5. The summed E-state index contributed by atoms with van der Waals surface area (Å²) in [5.74, 6) is -0.339. The number of hydrogen-bond acceptors (Lipinski definition) is 5. The van der Waals surface area contributed by atoms with Gasteiger partial charge in [0.25, 0.3) is 5.56 Å². The number of methoxy groups -OCH3 is 1. The SMILES string of the molecule is COc1ccc(C(=O)c2c(C)c(C#N)c(=O)n(Cc3ccc(C)cc3)c2O)cc1. The Kier molecular flexibility index (Phi) is 5.51. The normalized spacial score (nSPS) is 10.4. The number of pyridine rings is 1. The van der Waals surface area contributed by atoms with E-state index in [0.29, 0.717) is 11.3 Å². The van der Waals surface area contributed by atoms with E-state index >= 15 is 0 Å². The summed E-state index contributed by atoms with van der Waals surface area (Å²) in [6.45, 7) is 3.48. The zero-order valence-corrected chi connectivity index (χ0v) is 16.4. The second kappa shape index (κ2) is 8.03. The highest BCUT2D eigenvalue weighted by molar-refractivity contribution is 6.11. The molecule has 0 fully saturated rings. The first-order valence-corrected chi connectivity index (χ1v) is 8.98. The van der Waals surface area contributed by atoms with Crippen LogP contribution in [0.1, 0.15) is 38.2 Å². The second-order valence-corrected chi connectivity index (χ2v) is 6.74. The maximum atomic E-state index is 13.1. The molecule has 1 aromatic heterocycles. The number of carbonyl (C=O) groups is 1. The lowest BCUT2D eigenvalue weighted by atomic mass is 9.97. The molecule has 29 heavy (non-hydrogen) atoms. The minimum Gasteiger partial charge on any atom is -0.497 e. The number of hydrogen-bond donors (Lipinski definition) is 1. The van der Waals surface area contributed by atoms with Gasteiger partial charge in [-0.25, -0.2) is 0 Å². The predicted octanol–water partition coefficient (Wildman–Crippen LogP) is 3.33. The van der Waals surface area contributed by atoms with Gasteiger partial charge in [-0.05, 0) is 49.2 Å². The van der Waals surface area contributed by atoms with Crippen molar-refractivity contribution in [3.63, 3.8) is 0 Å². The molecule has 0 spiro atoms. The predicted molar refractivity (Wildman–Crippen MR) is 109 cm³/mol. The van der Waals surface area contributed by atoms with Gasteiger partial charge in [0.1, 0.15) is 17.4 Å². The van der Waals surface area contributed by atoms with Crippen molar-refractivity contribution < 1.29 is 14.6 Å². The molecule has 0 unspecified atom stereocenters. The molecular formula is C23H20N2O4. The van der Waals surface area contributed by atoms with Crippen LogP contribution in [0.25, 0.3) is 0 Å². The summed E-state index contributed by atoms with van der Waals surface area (Å²) in [5.41, 5.74) is 1.45. The van der Waals surface area contributed by atoms with Crippen molar-refractivity contribution in [1.82, 2.24) is 4.57 Å². The Morgan fingerprint density at radius 2 is 1.72 bits per heavy atom. The van der Waals surface area contributed by atoms with E-state index in [2.05, 4.69) is 0 Å². The van der Waals surface area contributed by atoms with Crippen LogP contribution in [0.4, 0.5) is 0 Å². The summed E-state index contributed by atoms with van der Waals surface area (Å²) < 4.78 is 6.16. The van der Waals surface area contributed by atoms with Gasteiger partial charge in [-0.3, -0.25) is 14.2 Å². The molecule has 0 aliphatic rings. The van der Waals surface area contributed by atoms with Crippen molar-refractivity contribution in [2.45, 2.75) is 20.4 Å². The summed E-state index contributed by atoms with van der Waals surface area (Å²) in [6, 6.07) is 15.7. The highest BCUT2D eigenvalue weighted by atomic mass is 16.5. The van der Waals surface area contributed by atoms with E-state index < -0.39 is 17.2 Å². The third-order valence-electron chi connectivity index (χ3n) is 4.84. The number of ether oxygens (including phenoxy) is 1. The van der Waals surface area contributed by atoms with Crippen LogP contribution in [0, 0.1) is 25.2 Å². The molecule has 0 bridgehead atoms. The third kappa shape index (κ3) is 3.76. The Morgan fingerprint density at radius 1 is 1.10 bits per heavy atom. The Hall–Kier alpha value is -3.85.